The predicted molar refractivity (Wildman–Crippen MR) is 49.7 cm³/mol. The third-order valence-electron chi connectivity index (χ3n) is 2.74. The van der Waals surface area contributed by atoms with E-state index in [1.807, 2.05) is 0 Å². The van der Waals surface area contributed by atoms with E-state index in [1.165, 1.54) is 6.20 Å². The molecule has 76 valence electrons. The van der Waals surface area contributed by atoms with E-state index in [0.717, 1.165) is 19.3 Å². The first-order chi connectivity index (χ1) is 6.76. The van der Waals surface area contributed by atoms with Crippen LogP contribution in [0.15, 0.2) is 12.3 Å². The molecule has 2 rings (SSSR count). The van der Waals surface area contributed by atoms with Gasteiger partial charge in [0.2, 0.25) is 0 Å². The van der Waals surface area contributed by atoms with E-state index >= 15 is 0 Å². The van der Waals surface area contributed by atoms with Gasteiger partial charge in [-0.25, -0.2) is 0 Å². The van der Waals surface area contributed by atoms with Gasteiger partial charge >= 0.3 is 0 Å². The van der Waals surface area contributed by atoms with Crippen molar-refractivity contribution in [3.63, 3.8) is 0 Å². The number of nitrogens with one attached hydrogen (secondary N) is 2. The standard InChI is InChI=1S/C9H13N3O2/c13-6-9(3-1-4-9)11-8(14)7-2-5-10-12-7/h2,5,13H,1,3-4,6H2,(H,10,12)(H,11,14). The molecule has 0 radical (unpaired) electrons. The van der Waals surface area contributed by atoms with Crippen LogP contribution in [0.25, 0.3) is 0 Å². The van der Waals surface area contributed by atoms with Crippen molar-refractivity contribution >= 4 is 5.91 Å². The monoisotopic (exact) mass is 195 g/mol. The van der Waals surface area contributed by atoms with Gasteiger partial charge < -0.3 is 10.4 Å². The van der Waals surface area contributed by atoms with Crippen molar-refractivity contribution in [2.75, 3.05) is 6.61 Å². The normalized spacial score (nSPS) is 18.6. The molecule has 1 aliphatic carbocycles. The van der Waals surface area contributed by atoms with Crippen LogP contribution < -0.4 is 5.32 Å². The molecule has 0 aromatic carbocycles. The average molecular weight is 195 g/mol. The van der Waals surface area contributed by atoms with Crippen molar-refractivity contribution in [3.05, 3.63) is 18.0 Å². The van der Waals surface area contributed by atoms with Gasteiger partial charge in [-0.05, 0) is 25.3 Å². The Morgan fingerprint density at radius 3 is 2.93 bits per heavy atom. The Balaban J connectivity index is 2.01. The van der Waals surface area contributed by atoms with Crippen LogP contribution in [-0.4, -0.2) is 33.4 Å². The molecule has 0 unspecified atom stereocenters. The zero-order valence-corrected chi connectivity index (χ0v) is 7.79. The first-order valence-electron chi connectivity index (χ1n) is 4.68. The van der Waals surface area contributed by atoms with Crippen LogP contribution in [0, 0.1) is 0 Å². The van der Waals surface area contributed by atoms with Gasteiger partial charge in [0.05, 0.1) is 12.1 Å². The van der Waals surface area contributed by atoms with Crippen molar-refractivity contribution in [1.82, 2.24) is 15.5 Å². The number of carbonyl (C=O) groups is 1. The zero-order chi connectivity index (χ0) is 10.0. The Morgan fingerprint density at radius 1 is 1.71 bits per heavy atom. The molecule has 5 heteroatoms. The molecule has 1 aromatic heterocycles. The number of nitrogens with zero attached hydrogens (tertiary/aromatic N) is 1. The number of rotatable bonds is 3. The van der Waals surface area contributed by atoms with Crippen LogP contribution in [0.5, 0.6) is 0 Å². The maximum Gasteiger partial charge on any atom is 0.269 e. The summed E-state index contributed by atoms with van der Waals surface area (Å²) in [5.41, 5.74) is 0.0482. The van der Waals surface area contributed by atoms with Crippen LogP contribution >= 0.6 is 0 Å². The fraction of sp³-hybridized carbons (Fsp3) is 0.556. The van der Waals surface area contributed by atoms with Gasteiger partial charge in [0.15, 0.2) is 0 Å². The number of hydrogen-bond donors (Lipinski definition) is 3. The van der Waals surface area contributed by atoms with Crippen molar-refractivity contribution in [1.29, 1.82) is 0 Å². The summed E-state index contributed by atoms with van der Waals surface area (Å²) in [6, 6.07) is 1.61. The lowest BCUT2D eigenvalue weighted by Crippen LogP contribution is -2.56. The summed E-state index contributed by atoms with van der Waals surface area (Å²) in [5, 5.41) is 18.2. The molecule has 0 atom stereocenters. The number of H-pyrrole nitrogens is 1. The number of amides is 1. The minimum absolute atomic E-state index is 0.00682. The molecule has 3 N–H and O–H groups in total. The first kappa shape index (κ1) is 9.21. The molecule has 0 saturated heterocycles. The van der Waals surface area contributed by atoms with Crippen LogP contribution in [0.4, 0.5) is 0 Å². The largest absolute Gasteiger partial charge is 0.394 e. The van der Waals surface area contributed by atoms with Crippen LogP contribution in [0.1, 0.15) is 29.8 Å². The number of hydrogen-bond acceptors (Lipinski definition) is 3. The van der Waals surface area contributed by atoms with Gasteiger partial charge in [0.1, 0.15) is 5.69 Å². The highest BCUT2D eigenvalue weighted by atomic mass is 16.3. The molecule has 14 heavy (non-hydrogen) atoms. The van der Waals surface area contributed by atoms with Gasteiger partial charge in [-0.3, -0.25) is 9.89 Å². The van der Waals surface area contributed by atoms with Crippen molar-refractivity contribution in [2.24, 2.45) is 0 Å². The maximum atomic E-state index is 11.6. The predicted octanol–water partition coefficient (Wildman–Crippen LogP) is 0.0545. The second-order valence-electron chi connectivity index (χ2n) is 3.72. The number of carbonyl (C=O) groups excluding carboxylic acids is 1. The first-order valence-corrected chi connectivity index (χ1v) is 4.68. The van der Waals surface area contributed by atoms with Crippen molar-refractivity contribution in [2.45, 2.75) is 24.8 Å². The van der Waals surface area contributed by atoms with Gasteiger partial charge in [-0.2, -0.15) is 5.10 Å². The number of aromatic nitrogens is 2. The Labute approximate surface area is 81.5 Å². The highest BCUT2D eigenvalue weighted by molar-refractivity contribution is 5.92. The molecule has 1 aliphatic rings. The average Bonchev–Trinajstić information content (AvgIpc) is 2.63. The van der Waals surface area contributed by atoms with Crippen molar-refractivity contribution in [3.8, 4) is 0 Å². The van der Waals surface area contributed by atoms with E-state index in [1.54, 1.807) is 6.07 Å². The fourth-order valence-corrected chi connectivity index (χ4v) is 1.62. The zero-order valence-electron chi connectivity index (χ0n) is 7.79. The molecule has 1 saturated carbocycles. The topological polar surface area (TPSA) is 78.0 Å². The Morgan fingerprint density at radius 2 is 2.50 bits per heavy atom. The van der Waals surface area contributed by atoms with E-state index in [2.05, 4.69) is 15.5 Å². The molecule has 0 aliphatic heterocycles. The minimum atomic E-state index is -0.387. The van der Waals surface area contributed by atoms with Gasteiger partial charge in [0, 0.05) is 6.20 Å². The number of aliphatic hydroxyl groups is 1. The summed E-state index contributed by atoms with van der Waals surface area (Å²) in [6.07, 6.45) is 4.29. The lowest BCUT2D eigenvalue weighted by Gasteiger charge is -2.40. The van der Waals surface area contributed by atoms with Crippen LogP contribution in [0.3, 0.4) is 0 Å². The molecular formula is C9H13N3O2. The van der Waals surface area contributed by atoms with E-state index in [9.17, 15) is 4.79 Å². The highest BCUT2D eigenvalue weighted by Crippen LogP contribution is 2.31. The molecular weight excluding hydrogens is 182 g/mol. The number of aromatic amines is 1. The maximum absolute atomic E-state index is 11.6. The van der Waals surface area contributed by atoms with Crippen molar-refractivity contribution < 1.29 is 9.90 Å². The molecule has 1 heterocycles. The molecule has 1 aromatic rings. The van der Waals surface area contributed by atoms with Crippen LogP contribution in [-0.2, 0) is 0 Å². The highest BCUT2D eigenvalue weighted by Gasteiger charge is 2.37. The van der Waals surface area contributed by atoms with E-state index in [-0.39, 0.29) is 18.1 Å². The summed E-state index contributed by atoms with van der Waals surface area (Å²) in [4.78, 5) is 11.6. The third-order valence-corrected chi connectivity index (χ3v) is 2.74. The Bertz CT molecular complexity index is 311. The Hall–Kier alpha value is -1.36. The molecule has 0 bridgehead atoms. The lowest BCUT2D eigenvalue weighted by molar-refractivity contribution is 0.0637. The minimum Gasteiger partial charge on any atom is -0.394 e. The molecule has 0 spiro atoms. The molecule has 1 amide bonds. The quantitative estimate of drug-likeness (QED) is 0.638. The summed E-state index contributed by atoms with van der Waals surface area (Å²) in [6.45, 7) is 0.00682. The van der Waals surface area contributed by atoms with Gasteiger partial charge in [-0.15, -0.1) is 0 Å². The van der Waals surface area contributed by atoms with E-state index in [4.69, 9.17) is 5.11 Å². The summed E-state index contributed by atoms with van der Waals surface area (Å²) < 4.78 is 0. The smallest absolute Gasteiger partial charge is 0.269 e. The summed E-state index contributed by atoms with van der Waals surface area (Å²) in [7, 11) is 0. The Kier molecular flexibility index (Phi) is 2.25. The second-order valence-corrected chi connectivity index (χ2v) is 3.72. The van der Waals surface area contributed by atoms with E-state index < -0.39 is 0 Å². The second kappa shape index (κ2) is 3.42. The fourth-order valence-electron chi connectivity index (χ4n) is 1.62. The third kappa shape index (κ3) is 1.50. The molecule has 5 nitrogen and oxygen atoms in total. The summed E-state index contributed by atoms with van der Waals surface area (Å²) >= 11 is 0. The van der Waals surface area contributed by atoms with Gasteiger partial charge in [-0.1, -0.05) is 0 Å². The SMILES string of the molecule is O=C(NC1(CO)CCC1)c1ccn[nH]1. The van der Waals surface area contributed by atoms with Crippen LogP contribution in [0.2, 0.25) is 0 Å². The van der Waals surface area contributed by atoms with Gasteiger partial charge in [0.25, 0.3) is 5.91 Å². The lowest BCUT2D eigenvalue weighted by atomic mass is 9.77. The number of aliphatic hydroxyl groups excluding tert-OH is 1. The molecule has 1 fully saturated rings. The summed E-state index contributed by atoms with van der Waals surface area (Å²) in [5.74, 6) is -0.198. The van der Waals surface area contributed by atoms with E-state index in [0.29, 0.717) is 5.69 Å².